The molecular weight excluding hydrogens is 250 g/mol. The van der Waals surface area contributed by atoms with Gasteiger partial charge in [0.15, 0.2) is 0 Å². The smallest absolute Gasteiger partial charge is 0.203 e. The fourth-order valence-electron chi connectivity index (χ4n) is 2.95. The molecule has 0 saturated carbocycles. The minimum absolute atomic E-state index is 0.568. The Balaban J connectivity index is 1.51. The molecule has 3 heterocycles. The van der Waals surface area contributed by atoms with Crippen LogP contribution in [-0.4, -0.2) is 32.6 Å². The van der Waals surface area contributed by atoms with Crippen LogP contribution < -0.4 is 4.90 Å². The maximum absolute atomic E-state index is 4.68. The van der Waals surface area contributed by atoms with Crippen molar-refractivity contribution in [1.82, 2.24) is 19.5 Å². The normalized spacial score (nSPS) is 16.9. The zero-order valence-corrected chi connectivity index (χ0v) is 11.2. The van der Waals surface area contributed by atoms with E-state index in [2.05, 4.69) is 36.7 Å². The molecule has 1 aliphatic heterocycles. The van der Waals surface area contributed by atoms with Crippen LogP contribution >= 0.6 is 0 Å². The van der Waals surface area contributed by atoms with Crippen molar-refractivity contribution in [2.75, 3.05) is 18.0 Å². The number of hydrogen-bond acceptors (Lipinski definition) is 3. The Kier molecular flexibility index (Phi) is 2.69. The van der Waals surface area contributed by atoms with Crippen LogP contribution in [0.3, 0.4) is 0 Å². The summed E-state index contributed by atoms with van der Waals surface area (Å²) in [5.41, 5.74) is 2.15. The van der Waals surface area contributed by atoms with E-state index in [4.69, 9.17) is 0 Å². The van der Waals surface area contributed by atoms with Crippen LogP contribution in [0.5, 0.6) is 0 Å². The van der Waals surface area contributed by atoms with E-state index in [1.807, 2.05) is 30.7 Å². The number of anilines is 1. The molecule has 5 nitrogen and oxygen atoms in total. The second kappa shape index (κ2) is 4.67. The highest BCUT2D eigenvalue weighted by atomic mass is 15.3. The van der Waals surface area contributed by atoms with Gasteiger partial charge < -0.3 is 14.5 Å². The van der Waals surface area contributed by atoms with E-state index in [1.54, 1.807) is 0 Å². The minimum Gasteiger partial charge on any atom is -0.342 e. The SMILES string of the molecule is c1ccc2[nH]c(N3CCC(n4ccnc4)CC3)nc2c1. The number of H-pyrrole nitrogens is 1. The number of nitrogens with zero attached hydrogens (tertiary/aromatic N) is 4. The molecular formula is C15H17N5. The first kappa shape index (κ1) is 11.5. The van der Waals surface area contributed by atoms with E-state index in [0.29, 0.717) is 6.04 Å². The van der Waals surface area contributed by atoms with Crippen molar-refractivity contribution in [3.63, 3.8) is 0 Å². The molecule has 1 aliphatic rings. The van der Waals surface area contributed by atoms with Crippen LogP contribution in [0.15, 0.2) is 43.0 Å². The van der Waals surface area contributed by atoms with Gasteiger partial charge in [-0.2, -0.15) is 0 Å². The molecule has 0 amide bonds. The van der Waals surface area contributed by atoms with Crippen LogP contribution in [0.25, 0.3) is 11.0 Å². The van der Waals surface area contributed by atoms with E-state index in [-0.39, 0.29) is 0 Å². The summed E-state index contributed by atoms with van der Waals surface area (Å²) in [5.74, 6) is 0.996. The van der Waals surface area contributed by atoms with E-state index in [9.17, 15) is 0 Å². The van der Waals surface area contributed by atoms with Gasteiger partial charge in [-0.05, 0) is 25.0 Å². The summed E-state index contributed by atoms with van der Waals surface area (Å²) in [5, 5.41) is 0. The molecule has 0 spiro atoms. The van der Waals surface area contributed by atoms with Gasteiger partial charge in [0, 0.05) is 31.5 Å². The number of aromatic nitrogens is 4. The molecule has 3 aromatic rings. The Morgan fingerprint density at radius 2 is 2.00 bits per heavy atom. The summed E-state index contributed by atoms with van der Waals surface area (Å²) < 4.78 is 2.22. The second-order valence-corrected chi connectivity index (χ2v) is 5.31. The summed E-state index contributed by atoms with van der Waals surface area (Å²) in [7, 11) is 0. The Hall–Kier alpha value is -2.30. The van der Waals surface area contributed by atoms with Crippen LogP contribution in [0.1, 0.15) is 18.9 Å². The average molecular weight is 267 g/mol. The van der Waals surface area contributed by atoms with Crippen molar-refractivity contribution in [3.05, 3.63) is 43.0 Å². The van der Waals surface area contributed by atoms with Crippen molar-refractivity contribution in [2.45, 2.75) is 18.9 Å². The van der Waals surface area contributed by atoms with Crippen LogP contribution in [-0.2, 0) is 0 Å². The Morgan fingerprint density at radius 3 is 2.75 bits per heavy atom. The molecule has 1 saturated heterocycles. The van der Waals surface area contributed by atoms with Crippen molar-refractivity contribution in [2.24, 2.45) is 0 Å². The third-order valence-corrected chi connectivity index (χ3v) is 4.09. The summed E-state index contributed by atoms with van der Waals surface area (Å²) >= 11 is 0. The topological polar surface area (TPSA) is 49.7 Å². The third kappa shape index (κ3) is 1.95. The molecule has 1 fully saturated rings. The standard InChI is InChI=1S/C15H17N5/c1-2-4-14-13(3-1)17-15(18-14)19-8-5-12(6-9-19)20-10-7-16-11-20/h1-4,7,10-12H,5-6,8-9H2,(H,17,18). The highest BCUT2D eigenvalue weighted by molar-refractivity contribution is 5.77. The molecule has 4 rings (SSSR count). The lowest BCUT2D eigenvalue weighted by Gasteiger charge is -2.32. The maximum Gasteiger partial charge on any atom is 0.203 e. The second-order valence-electron chi connectivity index (χ2n) is 5.31. The van der Waals surface area contributed by atoms with Crippen molar-refractivity contribution >= 4 is 17.0 Å². The Labute approximate surface area is 117 Å². The van der Waals surface area contributed by atoms with Crippen molar-refractivity contribution < 1.29 is 0 Å². The highest BCUT2D eigenvalue weighted by Gasteiger charge is 2.22. The predicted molar refractivity (Wildman–Crippen MR) is 78.8 cm³/mol. The van der Waals surface area contributed by atoms with Crippen LogP contribution in [0.4, 0.5) is 5.95 Å². The Bertz CT molecular complexity index is 659. The number of rotatable bonds is 2. The van der Waals surface area contributed by atoms with Gasteiger partial charge in [0.05, 0.1) is 17.4 Å². The number of benzene rings is 1. The van der Waals surface area contributed by atoms with Gasteiger partial charge >= 0.3 is 0 Å². The van der Waals surface area contributed by atoms with E-state index < -0.39 is 0 Å². The monoisotopic (exact) mass is 267 g/mol. The van der Waals surface area contributed by atoms with E-state index >= 15 is 0 Å². The fourth-order valence-corrected chi connectivity index (χ4v) is 2.95. The zero-order chi connectivity index (χ0) is 13.4. The molecule has 2 aromatic heterocycles. The first-order valence-corrected chi connectivity index (χ1v) is 7.07. The maximum atomic E-state index is 4.68. The van der Waals surface area contributed by atoms with Crippen molar-refractivity contribution in [1.29, 1.82) is 0 Å². The van der Waals surface area contributed by atoms with Gasteiger partial charge in [-0.1, -0.05) is 12.1 Å². The molecule has 0 unspecified atom stereocenters. The number of aromatic amines is 1. The number of hydrogen-bond donors (Lipinski definition) is 1. The first-order valence-electron chi connectivity index (χ1n) is 7.07. The zero-order valence-electron chi connectivity index (χ0n) is 11.2. The van der Waals surface area contributed by atoms with E-state index in [0.717, 1.165) is 42.9 Å². The summed E-state index contributed by atoms with van der Waals surface area (Å²) in [6.45, 7) is 2.06. The molecule has 20 heavy (non-hydrogen) atoms. The number of para-hydroxylation sites is 2. The molecule has 102 valence electrons. The minimum atomic E-state index is 0.568. The lowest BCUT2D eigenvalue weighted by Crippen LogP contribution is -2.35. The molecule has 1 aromatic carbocycles. The first-order chi connectivity index (χ1) is 9.90. The molecule has 5 heteroatoms. The van der Waals surface area contributed by atoms with Gasteiger partial charge in [-0.25, -0.2) is 9.97 Å². The average Bonchev–Trinajstić information content (AvgIpc) is 3.17. The highest BCUT2D eigenvalue weighted by Crippen LogP contribution is 2.26. The summed E-state index contributed by atoms with van der Waals surface area (Å²) in [4.78, 5) is 14.6. The summed E-state index contributed by atoms with van der Waals surface area (Å²) in [6.07, 6.45) is 8.09. The van der Waals surface area contributed by atoms with Crippen LogP contribution in [0.2, 0.25) is 0 Å². The molecule has 0 radical (unpaired) electrons. The van der Waals surface area contributed by atoms with Gasteiger partial charge in [-0.15, -0.1) is 0 Å². The molecule has 0 aliphatic carbocycles. The Morgan fingerprint density at radius 1 is 1.15 bits per heavy atom. The number of fused-ring (bicyclic) bond motifs is 1. The van der Waals surface area contributed by atoms with Gasteiger partial charge in [0.1, 0.15) is 0 Å². The lowest BCUT2D eigenvalue weighted by atomic mass is 10.1. The van der Waals surface area contributed by atoms with Crippen LogP contribution in [0, 0.1) is 0 Å². The predicted octanol–water partition coefficient (Wildman–Crippen LogP) is 2.60. The summed E-state index contributed by atoms with van der Waals surface area (Å²) in [6, 6.07) is 8.75. The number of piperidine rings is 1. The van der Waals surface area contributed by atoms with Gasteiger partial charge in [0.2, 0.25) is 5.95 Å². The largest absolute Gasteiger partial charge is 0.342 e. The van der Waals surface area contributed by atoms with E-state index in [1.165, 1.54) is 0 Å². The lowest BCUT2D eigenvalue weighted by molar-refractivity contribution is 0.394. The molecule has 0 bridgehead atoms. The third-order valence-electron chi connectivity index (χ3n) is 4.09. The fraction of sp³-hybridized carbons (Fsp3) is 0.333. The van der Waals surface area contributed by atoms with Gasteiger partial charge in [-0.3, -0.25) is 0 Å². The molecule has 0 atom stereocenters. The van der Waals surface area contributed by atoms with Gasteiger partial charge in [0.25, 0.3) is 0 Å². The van der Waals surface area contributed by atoms with Crippen molar-refractivity contribution in [3.8, 4) is 0 Å². The molecule has 1 N–H and O–H groups in total. The number of nitrogens with one attached hydrogen (secondary N) is 1. The number of imidazole rings is 2. The quantitative estimate of drug-likeness (QED) is 0.776.